The molecule has 2 aliphatic rings. The molecule has 9 heteroatoms. The number of anilines is 1. The molecule has 5 rings (SSSR count). The van der Waals surface area contributed by atoms with Gasteiger partial charge in [0.15, 0.2) is 0 Å². The van der Waals surface area contributed by atoms with Crippen molar-refractivity contribution >= 4 is 29.4 Å². The number of carbonyl (C=O) groups is 2. The van der Waals surface area contributed by atoms with Gasteiger partial charge in [-0.1, -0.05) is 54.1 Å². The summed E-state index contributed by atoms with van der Waals surface area (Å²) in [6.07, 6.45) is 2.76. The number of rotatable bonds is 8. The van der Waals surface area contributed by atoms with Gasteiger partial charge in [-0.25, -0.2) is 9.97 Å². The Balaban J connectivity index is 1.31. The smallest absolute Gasteiger partial charge is 0.254 e. The van der Waals surface area contributed by atoms with E-state index >= 15 is 0 Å². The van der Waals surface area contributed by atoms with Crippen molar-refractivity contribution in [2.75, 3.05) is 18.9 Å². The number of aliphatic hydroxyl groups excluding tert-OH is 1. The molecular formula is C26H26ClN5O3. The largest absolute Gasteiger partial charge is 0.390 e. The van der Waals surface area contributed by atoms with Crippen LogP contribution in [0.4, 0.5) is 5.95 Å². The number of nitrogens with zero attached hydrogens (tertiary/aromatic N) is 3. The van der Waals surface area contributed by atoms with Gasteiger partial charge in [0.25, 0.3) is 5.91 Å². The molecule has 1 aliphatic carbocycles. The van der Waals surface area contributed by atoms with Crippen molar-refractivity contribution in [1.29, 1.82) is 0 Å². The number of hydrogen-bond donors (Lipinski definition) is 3. The zero-order valence-electron chi connectivity index (χ0n) is 19.2. The highest BCUT2D eigenvalue weighted by molar-refractivity contribution is 6.33. The highest BCUT2D eigenvalue weighted by Crippen LogP contribution is 2.38. The zero-order valence-corrected chi connectivity index (χ0v) is 20.0. The lowest BCUT2D eigenvalue weighted by Gasteiger charge is -2.26. The second-order valence-electron chi connectivity index (χ2n) is 8.96. The maximum Gasteiger partial charge on any atom is 0.254 e. The van der Waals surface area contributed by atoms with Crippen LogP contribution in [0.25, 0.3) is 11.3 Å². The van der Waals surface area contributed by atoms with Crippen molar-refractivity contribution in [3.8, 4) is 11.3 Å². The van der Waals surface area contributed by atoms with Crippen molar-refractivity contribution in [2.45, 2.75) is 31.5 Å². The average molecular weight is 492 g/mol. The molecule has 2 atom stereocenters. The quantitative estimate of drug-likeness (QED) is 0.445. The third-order valence-corrected chi connectivity index (χ3v) is 6.76. The molecule has 2 aromatic carbocycles. The van der Waals surface area contributed by atoms with Crippen molar-refractivity contribution in [3.05, 3.63) is 76.4 Å². The Morgan fingerprint density at radius 3 is 2.71 bits per heavy atom. The Morgan fingerprint density at radius 2 is 2.00 bits per heavy atom. The van der Waals surface area contributed by atoms with Gasteiger partial charge in [-0.2, -0.15) is 0 Å². The molecule has 35 heavy (non-hydrogen) atoms. The molecule has 1 aliphatic heterocycles. The summed E-state index contributed by atoms with van der Waals surface area (Å²) in [7, 11) is 1.72. The van der Waals surface area contributed by atoms with Crippen LogP contribution < -0.4 is 10.6 Å². The van der Waals surface area contributed by atoms with Crippen molar-refractivity contribution < 1.29 is 14.7 Å². The molecule has 8 nitrogen and oxygen atoms in total. The third-order valence-electron chi connectivity index (χ3n) is 6.49. The summed E-state index contributed by atoms with van der Waals surface area (Å²) in [6, 6.07) is 14.4. The lowest BCUT2D eigenvalue weighted by molar-refractivity contribution is -0.123. The number of amides is 2. The van der Waals surface area contributed by atoms with Gasteiger partial charge < -0.3 is 20.6 Å². The van der Waals surface area contributed by atoms with Crippen LogP contribution in [0.5, 0.6) is 0 Å². The van der Waals surface area contributed by atoms with Crippen LogP contribution in [0.15, 0.2) is 54.7 Å². The van der Waals surface area contributed by atoms with Crippen LogP contribution in [-0.2, 0) is 11.3 Å². The number of benzene rings is 2. The van der Waals surface area contributed by atoms with E-state index in [1.54, 1.807) is 13.1 Å². The van der Waals surface area contributed by atoms with Gasteiger partial charge in [-0.05, 0) is 36.0 Å². The highest BCUT2D eigenvalue weighted by Gasteiger charge is 2.37. The molecule has 3 N–H and O–H groups in total. The fourth-order valence-corrected chi connectivity index (χ4v) is 4.65. The summed E-state index contributed by atoms with van der Waals surface area (Å²) in [5.74, 6) is 0.0805. The lowest BCUT2D eigenvalue weighted by Crippen LogP contribution is -2.43. The summed E-state index contributed by atoms with van der Waals surface area (Å²) in [5.41, 5.74) is 3.43. The number of nitrogens with one attached hydrogen (secondary N) is 2. The first-order chi connectivity index (χ1) is 16.9. The second-order valence-corrected chi connectivity index (χ2v) is 9.36. The SMILES string of the molecule is CNc1ncc(Cl)c(-c2ccc3c(c2)C(=O)N(CC(=O)N[C@@H](c2ccccc2)[C@@H](O)C2CC2)C3)n1. The summed E-state index contributed by atoms with van der Waals surface area (Å²) in [5, 5.41) is 17.0. The van der Waals surface area contributed by atoms with Crippen LogP contribution in [-0.4, -0.2) is 51.5 Å². The molecule has 0 spiro atoms. The van der Waals surface area contributed by atoms with Crippen molar-refractivity contribution in [2.24, 2.45) is 5.92 Å². The van der Waals surface area contributed by atoms with E-state index in [2.05, 4.69) is 20.6 Å². The van der Waals surface area contributed by atoms with Crippen LogP contribution >= 0.6 is 11.6 Å². The molecule has 3 aromatic rings. The minimum absolute atomic E-state index is 0.0955. The zero-order chi connectivity index (χ0) is 24.5. The summed E-state index contributed by atoms with van der Waals surface area (Å²) in [4.78, 5) is 36.1. The first-order valence-electron chi connectivity index (χ1n) is 11.6. The van der Waals surface area contributed by atoms with Gasteiger partial charge in [0.05, 0.1) is 29.1 Å². The predicted octanol–water partition coefficient (Wildman–Crippen LogP) is 3.42. The molecule has 0 unspecified atom stereocenters. The second kappa shape index (κ2) is 9.64. The molecule has 1 saturated carbocycles. The Hall–Kier alpha value is -3.49. The van der Waals surface area contributed by atoms with Crippen LogP contribution in [0.3, 0.4) is 0 Å². The standard InChI is InChI=1S/C26H26ClN5O3/c1-28-26-29-12-20(27)22(31-26)17-9-10-18-13-32(25(35)19(18)11-17)14-21(33)30-23(24(34)16-7-8-16)15-5-3-2-4-6-15/h2-6,9-12,16,23-24,34H,7-8,13-14H2,1H3,(H,30,33)(H,28,29,31)/t23-,24-/m0/s1. The Labute approximate surface area is 208 Å². The normalized spacial score (nSPS) is 16.5. The van der Waals surface area contributed by atoms with E-state index in [9.17, 15) is 14.7 Å². The van der Waals surface area contributed by atoms with Gasteiger partial charge >= 0.3 is 0 Å². The van der Waals surface area contributed by atoms with Crippen LogP contribution in [0.1, 0.15) is 40.4 Å². The van der Waals surface area contributed by atoms with E-state index < -0.39 is 12.1 Å². The van der Waals surface area contributed by atoms with Gasteiger partial charge in [0, 0.05) is 24.7 Å². The Morgan fingerprint density at radius 1 is 1.23 bits per heavy atom. The van der Waals surface area contributed by atoms with E-state index in [1.165, 1.54) is 11.1 Å². The molecule has 1 aromatic heterocycles. The molecular weight excluding hydrogens is 466 g/mol. The van der Waals surface area contributed by atoms with Gasteiger partial charge in [0.1, 0.15) is 6.54 Å². The molecule has 2 heterocycles. The summed E-state index contributed by atoms with van der Waals surface area (Å²) in [6.45, 7) is 0.240. The summed E-state index contributed by atoms with van der Waals surface area (Å²) < 4.78 is 0. The molecule has 1 fully saturated rings. The first-order valence-corrected chi connectivity index (χ1v) is 12.0. The van der Waals surface area contributed by atoms with Gasteiger partial charge in [-0.15, -0.1) is 0 Å². The van der Waals surface area contributed by atoms with E-state index in [1.807, 2.05) is 42.5 Å². The monoisotopic (exact) mass is 491 g/mol. The number of carbonyl (C=O) groups excluding carboxylic acids is 2. The maximum atomic E-state index is 13.2. The predicted molar refractivity (Wildman–Crippen MR) is 133 cm³/mol. The van der Waals surface area contributed by atoms with Crippen molar-refractivity contribution in [1.82, 2.24) is 20.2 Å². The van der Waals surface area contributed by atoms with E-state index in [4.69, 9.17) is 11.6 Å². The fraction of sp³-hybridized carbons (Fsp3) is 0.308. The number of hydrogen-bond acceptors (Lipinski definition) is 6. The minimum atomic E-state index is -0.657. The van der Waals surface area contributed by atoms with E-state index in [0.717, 1.165) is 24.0 Å². The third kappa shape index (κ3) is 4.85. The average Bonchev–Trinajstić information content (AvgIpc) is 3.68. The Bertz CT molecular complexity index is 1270. The number of fused-ring (bicyclic) bond motifs is 1. The number of aromatic nitrogens is 2. The molecule has 2 amide bonds. The first kappa shape index (κ1) is 23.3. The number of aliphatic hydroxyl groups is 1. The minimum Gasteiger partial charge on any atom is -0.390 e. The number of halogens is 1. The maximum absolute atomic E-state index is 13.2. The van der Waals surface area contributed by atoms with Crippen LogP contribution in [0.2, 0.25) is 5.02 Å². The highest BCUT2D eigenvalue weighted by atomic mass is 35.5. The molecule has 0 radical (unpaired) electrons. The topological polar surface area (TPSA) is 107 Å². The molecule has 0 bridgehead atoms. The fourth-order valence-electron chi connectivity index (χ4n) is 4.45. The van der Waals surface area contributed by atoms with Crippen LogP contribution in [0, 0.1) is 5.92 Å². The van der Waals surface area contributed by atoms with Gasteiger partial charge in [0.2, 0.25) is 11.9 Å². The molecule has 0 saturated heterocycles. The lowest BCUT2D eigenvalue weighted by atomic mass is 9.98. The van der Waals surface area contributed by atoms with Crippen molar-refractivity contribution in [3.63, 3.8) is 0 Å². The van der Waals surface area contributed by atoms with Gasteiger partial charge in [-0.3, -0.25) is 9.59 Å². The Kier molecular flexibility index (Phi) is 6.40. The van der Waals surface area contributed by atoms with E-state index in [-0.39, 0.29) is 24.3 Å². The van der Waals surface area contributed by atoms with E-state index in [0.29, 0.717) is 34.3 Å². The molecule has 180 valence electrons. The summed E-state index contributed by atoms with van der Waals surface area (Å²) >= 11 is 6.30.